The van der Waals surface area contributed by atoms with Crippen LogP contribution >= 0.6 is 0 Å². The van der Waals surface area contributed by atoms with Gasteiger partial charge in [0, 0.05) is 13.1 Å². The summed E-state index contributed by atoms with van der Waals surface area (Å²) in [6, 6.07) is 19.0. The minimum Gasteiger partial charge on any atom is -0.387 e. The Hall–Kier alpha value is -1.64. The number of aliphatic hydroxyl groups is 1. The molecule has 122 valence electrons. The third-order valence-electron chi connectivity index (χ3n) is 4.93. The average Bonchev–Trinajstić information content (AvgIpc) is 3.10. The van der Waals surface area contributed by atoms with Crippen molar-refractivity contribution in [3.63, 3.8) is 0 Å². The molecule has 0 spiro atoms. The molecule has 23 heavy (non-hydrogen) atoms. The maximum atomic E-state index is 10.5. The average molecular weight is 309 g/mol. The molecule has 1 unspecified atom stereocenters. The normalized spacial score (nSPS) is 16.8. The fraction of sp³-hybridized carbons (Fsp3) is 0.429. The van der Waals surface area contributed by atoms with Gasteiger partial charge in [0.05, 0.1) is 6.10 Å². The van der Waals surface area contributed by atoms with Gasteiger partial charge >= 0.3 is 0 Å². The van der Waals surface area contributed by atoms with Crippen LogP contribution in [0.5, 0.6) is 0 Å². The van der Waals surface area contributed by atoms with E-state index in [-0.39, 0.29) is 0 Å². The number of hydrogen-bond acceptors (Lipinski definition) is 2. The van der Waals surface area contributed by atoms with Crippen molar-refractivity contribution in [2.24, 2.45) is 0 Å². The van der Waals surface area contributed by atoms with Gasteiger partial charge in [0.25, 0.3) is 0 Å². The maximum Gasteiger partial charge on any atom is 0.0916 e. The van der Waals surface area contributed by atoms with Crippen molar-refractivity contribution in [1.29, 1.82) is 0 Å². The molecule has 0 aliphatic heterocycles. The third kappa shape index (κ3) is 4.43. The van der Waals surface area contributed by atoms with Gasteiger partial charge in [-0.2, -0.15) is 0 Å². The van der Waals surface area contributed by atoms with Gasteiger partial charge in [-0.1, -0.05) is 67.4 Å². The van der Waals surface area contributed by atoms with Crippen LogP contribution in [0.3, 0.4) is 0 Å². The molecular weight excluding hydrogens is 282 g/mol. The molecular formula is C21H27NO. The second-order valence-electron chi connectivity index (χ2n) is 6.85. The Bertz CT molecular complexity index is 587. The van der Waals surface area contributed by atoms with E-state index in [4.69, 9.17) is 0 Å². The monoisotopic (exact) mass is 309 g/mol. The molecule has 1 atom stereocenters. The largest absolute Gasteiger partial charge is 0.387 e. The molecule has 0 heterocycles. The molecule has 0 amide bonds. The molecule has 2 nitrogen and oxygen atoms in total. The lowest BCUT2D eigenvalue weighted by Crippen LogP contribution is -2.24. The van der Waals surface area contributed by atoms with Gasteiger partial charge in [0.2, 0.25) is 0 Å². The Balaban J connectivity index is 1.56. The fourth-order valence-electron chi connectivity index (χ4n) is 3.61. The zero-order valence-electron chi connectivity index (χ0n) is 14.0. The Morgan fingerprint density at radius 2 is 1.65 bits per heavy atom. The van der Waals surface area contributed by atoms with E-state index in [9.17, 15) is 5.11 Å². The van der Waals surface area contributed by atoms with Crippen molar-refractivity contribution in [2.75, 3.05) is 13.6 Å². The molecule has 1 aliphatic rings. The summed E-state index contributed by atoms with van der Waals surface area (Å²) < 4.78 is 0. The van der Waals surface area contributed by atoms with Gasteiger partial charge in [-0.05, 0) is 42.5 Å². The van der Waals surface area contributed by atoms with Crippen molar-refractivity contribution in [3.05, 3.63) is 71.3 Å². The molecule has 0 bridgehead atoms. The molecule has 1 N–H and O–H groups in total. The second-order valence-corrected chi connectivity index (χ2v) is 6.85. The van der Waals surface area contributed by atoms with Crippen LogP contribution in [0.15, 0.2) is 54.6 Å². The van der Waals surface area contributed by atoms with E-state index < -0.39 is 6.10 Å². The molecule has 2 aromatic carbocycles. The molecule has 3 rings (SSSR count). The predicted octanol–water partition coefficient (Wildman–Crippen LogP) is 4.51. The lowest BCUT2D eigenvalue weighted by Gasteiger charge is -2.21. The van der Waals surface area contributed by atoms with Crippen molar-refractivity contribution in [1.82, 2.24) is 4.90 Å². The zero-order valence-corrected chi connectivity index (χ0v) is 14.0. The topological polar surface area (TPSA) is 23.5 Å². The highest BCUT2D eigenvalue weighted by Gasteiger charge is 2.17. The number of likely N-dealkylation sites (N-methyl/N-ethyl adjacent to an activating group) is 1. The summed E-state index contributed by atoms with van der Waals surface area (Å²) in [5.74, 6) is 0.738. The molecule has 1 aliphatic carbocycles. The van der Waals surface area contributed by atoms with Crippen LogP contribution in [0.4, 0.5) is 0 Å². The molecule has 0 aromatic heterocycles. The first-order chi connectivity index (χ1) is 11.2. The first kappa shape index (κ1) is 16.2. The van der Waals surface area contributed by atoms with Crippen LogP contribution < -0.4 is 0 Å². The molecule has 0 radical (unpaired) electrons. The van der Waals surface area contributed by atoms with E-state index in [1.807, 2.05) is 6.07 Å². The zero-order chi connectivity index (χ0) is 16.1. The summed E-state index contributed by atoms with van der Waals surface area (Å²) in [5.41, 5.74) is 3.74. The van der Waals surface area contributed by atoms with Crippen LogP contribution in [-0.4, -0.2) is 23.6 Å². The van der Waals surface area contributed by atoms with Crippen molar-refractivity contribution < 1.29 is 5.11 Å². The van der Waals surface area contributed by atoms with E-state index in [1.54, 1.807) is 0 Å². The van der Waals surface area contributed by atoms with E-state index in [1.165, 1.54) is 36.8 Å². The standard InChI is InChI=1S/C21H27NO/c1-22(15-17-7-3-2-4-8-17)16-21(23)20-13-11-19(12-14-20)18-9-5-6-10-18/h2-4,7-8,11-14,18,21,23H,5-6,9-10,15-16H2,1H3. The number of hydrogen-bond donors (Lipinski definition) is 1. The molecule has 2 aromatic rings. The summed E-state index contributed by atoms with van der Waals surface area (Å²) in [6.07, 6.45) is 4.93. The summed E-state index contributed by atoms with van der Waals surface area (Å²) in [4.78, 5) is 2.17. The quantitative estimate of drug-likeness (QED) is 0.848. The predicted molar refractivity (Wildman–Crippen MR) is 95.4 cm³/mol. The minimum atomic E-state index is -0.429. The summed E-state index contributed by atoms with van der Waals surface area (Å²) in [6.45, 7) is 1.51. The highest BCUT2D eigenvalue weighted by Crippen LogP contribution is 2.34. The summed E-state index contributed by atoms with van der Waals surface area (Å²) >= 11 is 0. The highest BCUT2D eigenvalue weighted by molar-refractivity contribution is 5.27. The minimum absolute atomic E-state index is 0.429. The van der Waals surface area contributed by atoms with E-state index >= 15 is 0 Å². The number of benzene rings is 2. The Labute approximate surface area is 139 Å². The Morgan fingerprint density at radius 3 is 2.30 bits per heavy atom. The lowest BCUT2D eigenvalue weighted by molar-refractivity contribution is 0.124. The van der Waals surface area contributed by atoms with Crippen LogP contribution in [0, 0.1) is 0 Å². The number of rotatable bonds is 6. The van der Waals surface area contributed by atoms with E-state index in [0.29, 0.717) is 6.54 Å². The van der Waals surface area contributed by atoms with Gasteiger partial charge in [-0.25, -0.2) is 0 Å². The van der Waals surface area contributed by atoms with Crippen LogP contribution in [-0.2, 0) is 6.54 Å². The van der Waals surface area contributed by atoms with E-state index in [2.05, 4.69) is 60.5 Å². The van der Waals surface area contributed by atoms with Crippen molar-refractivity contribution in [2.45, 2.75) is 44.2 Å². The van der Waals surface area contributed by atoms with Crippen LogP contribution in [0.2, 0.25) is 0 Å². The Morgan fingerprint density at radius 1 is 1.00 bits per heavy atom. The van der Waals surface area contributed by atoms with Crippen molar-refractivity contribution in [3.8, 4) is 0 Å². The molecule has 2 heteroatoms. The first-order valence-electron chi connectivity index (χ1n) is 8.73. The second kappa shape index (κ2) is 7.76. The summed E-state index contributed by atoms with van der Waals surface area (Å²) in [5, 5.41) is 10.5. The summed E-state index contributed by atoms with van der Waals surface area (Å²) in [7, 11) is 2.06. The SMILES string of the molecule is CN(Cc1ccccc1)CC(O)c1ccc(C2CCCC2)cc1. The molecule has 1 fully saturated rings. The van der Waals surface area contributed by atoms with E-state index in [0.717, 1.165) is 18.0 Å². The third-order valence-corrected chi connectivity index (χ3v) is 4.93. The fourth-order valence-corrected chi connectivity index (χ4v) is 3.61. The number of nitrogens with zero attached hydrogens (tertiary/aromatic N) is 1. The van der Waals surface area contributed by atoms with Crippen LogP contribution in [0.25, 0.3) is 0 Å². The van der Waals surface area contributed by atoms with Crippen LogP contribution in [0.1, 0.15) is 54.4 Å². The first-order valence-corrected chi connectivity index (χ1v) is 8.73. The van der Waals surface area contributed by atoms with Gasteiger partial charge in [0.1, 0.15) is 0 Å². The lowest BCUT2D eigenvalue weighted by atomic mass is 9.95. The molecule has 0 saturated heterocycles. The van der Waals surface area contributed by atoms with Gasteiger partial charge < -0.3 is 5.11 Å². The van der Waals surface area contributed by atoms with Gasteiger partial charge in [-0.15, -0.1) is 0 Å². The maximum absolute atomic E-state index is 10.5. The van der Waals surface area contributed by atoms with Crippen molar-refractivity contribution >= 4 is 0 Å². The smallest absolute Gasteiger partial charge is 0.0916 e. The van der Waals surface area contributed by atoms with Gasteiger partial charge in [0.15, 0.2) is 0 Å². The Kier molecular flexibility index (Phi) is 5.47. The highest BCUT2D eigenvalue weighted by atomic mass is 16.3. The number of aliphatic hydroxyl groups excluding tert-OH is 1. The molecule has 1 saturated carbocycles. The van der Waals surface area contributed by atoms with Gasteiger partial charge in [-0.3, -0.25) is 4.90 Å².